The molecule has 160 valence electrons. The van der Waals surface area contributed by atoms with Gasteiger partial charge in [-0.15, -0.1) is 0 Å². The van der Waals surface area contributed by atoms with Gasteiger partial charge >= 0.3 is 6.09 Å². The molecule has 0 spiro atoms. The zero-order chi connectivity index (χ0) is 22.0. The summed E-state index contributed by atoms with van der Waals surface area (Å²) in [4.78, 5) is 28.0. The molecule has 2 aromatic heterocycles. The van der Waals surface area contributed by atoms with Crippen molar-refractivity contribution in [2.75, 3.05) is 6.61 Å². The molecular formula is C23H29N3O4. The number of ether oxygens (including phenoxy) is 1. The molecule has 7 nitrogen and oxygen atoms in total. The quantitative estimate of drug-likeness (QED) is 0.573. The van der Waals surface area contributed by atoms with Gasteiger partial charge in [0.05, 0.1) is 23.2 Å². The highest BCUT2D eigenvalue weighted by molar-refractivity contribution is 6.06. The van der Waals surface area contributed by atoms with Crippen molar-refractivity contribution in [3.63, 3.8) is 0 Å². The van der Waals surface area contributed by atoms with E-state index in [1.807, 2.05) is 32.9 Å². The summed E-state index contributed by atoms with van der Waals surface area (Å²) >= 11 is 0. The molecule has 3 aromatic rings. The van der Waals surface area contributed by atoms with Crippen molar-refractivity contribution in [1.82, 2.24) is 14.9 Å². The van der Waals surface area contributed by atoms with Crippen LogP contribution in [0.1, 0.15) is 38.4 Å². The Hall–Kier alpha value is -3.09. The molecule has 2 N–H and O–H groups in total. The van der Waals surface area contributed by atoms with E-state index in [0.29, 0.717) is 18.4 Å². The number of benzene rings is 1. The van der Waals surface area contributed by atoms with Crippen LogP contribution in [0.5, 0.6) is 5.75 Å². The Morgan fingerprint density at radius 3 is 2.70 bits per heavy atom. The first-order chi connectivity index (χ1) is 14.2. The second-order valence-corrected chi connectivity index (χ2v) is 8.02. The number of amides is 1. The summed E-state index contributed by atoms with van der Waals surface area (Å²) in [5.41, 5.74) is 2.55. The van der Waals surface area contributed by atoms with E-state index in [-0.39, 0.29) is 17.5 Å². The summed E-state index contributed by atoms with van der Waals surface area (Å²) in [6.45, 7) is 8.28. The van der Waals surface area contributed by atoms with Crippen LogP contribution in [0.3, 0.4) is 0 Å². The summed E-state index contributed by atoms with van der Waals surface area (Å²) in [5, 5.41) is 13.9. The van der Waals surface area contributed by atoms with Gasteiger partial charge in [0.2, 0.25) is 0 Å². The standard InChI is InChI=1S/C23H29N3O4/c1-6-16-10-18-17-7-8-24-15(4)21(17)22(27)26(5)19(18)11-20(16)30-12-13(2)9-14(3)25-23(28)29/h7-8,10-11,13-14,25H,6,9,12H2,1-5H3,(H,28,29). The fraction of sp³-hybridized carbons (Fsp3) is 0.435. The van der Waals surface area contributed by atoms with Crippen LogP contribution in [0.4, 0.5) is 4.79 Å². The SMILES string of the molecule is CCc1cc2c3ccnc(C)c3c(=O)n(C)c2cc1OCC(C)CC(C)NC(=O)O. The van der Waals surface area contributed by atoms with E-state index in [2.05, 4.69) is 23.3 Å². The maximum absolute atomic E-state index is 12.9. The molecule has 2 heterocycles. The number of nitrogens with one attached hydrogen (secondary N) is 1. The predicted molar refractivity (Wildman–Crippen MR) is 119 cm³/mol. The van der Waals surface area contributed by atoms with Crippen LogP contribution in [-0.2, 0) is 13.5 Å². The smallest absolute Gasteiger partial charge is 0.404 e. The second kappa shape index (κ2) is 8.73. The average Bonchev–Trinajstić information content (AvgIpc) is 2.69. The Labute approximate surface area is 175 Å². The summed E-state index contributed by atoms with van der Waals surface area (Å²) in [6.07, 6.45) is 2.19. The molecule has 0 aliphatic heterocycles. The maximum Gasteiger partial charge on any atom is 0.404 e. The van der Waals surface area contributed by atoms with Gasteiger partial charge in [0, 0.05) is 30.7 Å². The van der Waals surface area contributed by atoms with Gasteiger partial charge in [-0.1, -0.05) is 13.8 Å². The molecule has 0 saturated heterocycles. The third-order valence-electron chi connectivity index (χ3n) is 5.52. The van der Waals surface area contributed by atoms with Gasteiger partial charge in [-0.2, -0.15) is 0 Å². The van der Waals surface area contributed by atoms with E-state index < -0.39 is 6.09 Å². The maximum atomic E-state index is 12.9. The van der Waals surface area contributed by atoms with Crippen LogP contribution in [-0.4, -0.2) is 33.4 Å². The molecule has 1 amide bonds. The number of fused-ring (bicyclic) bond motifs is 3. The fourth-order valence-corrected chi connectivity index (χ4v) is 4.03. The monoisotopic (exact) mass is 411 g/mol. The number of pyridine rings is 2. The number of aromatic nitrogens is 2. The number of carbonyl (C=O) groups is 1. The average molecular weight is 412 g/mol. The second-order valence-electron chi connectivity index (χ2n) is 8.02. The zero-order valence-electron chi connectivity index (χ0n) is 18.2. The fourth-order valence-electron chi connectivity index (χ4n) is 4.03. The minimum atomic E-state index is -1.02. The van der Waals surface area contributed by atoms with Crippen molar-refractivity contribution in [3.8, 4) is 5.75 Å². The molecule has 0 aliphatic carbocycles. The van der Waals surface area contributed by atoms with Crippen LogP contribution < -0.4 is 15.6 Å². The van der Waals surface area contributed by atoms with E-state index in [0.717, 1.165) is 39.7 Å². The summed E-state index contributed by atoms with van der Waals surface area (Å²) in [5.74, 6) is 0.928. The van der Waals surface area contributed by atoms with E-state index in [9.17, 15) is 9.59 Å². The van der Waals surface area contributed by atoms with Crippen molar-refractivity contribution in [2.45, 2.75) is 46.6 Å². The van der Waals surface area contributed by atoms with Gasteiger partial charge in [0.25, 0.3) is 5.56 Å². The van der Waals surface area contributed by atoms with Crippen LogP contribution in [0.2, 0.25) is 0 Å². The Balaban J connectivity index is 1.97. The molecule has 1 aromatic carbocycles. The van der Waals surface area contributed by atoms with E-state index in [4.69, 9.17) is 9.84 Å². The molecule has 3 rings (SSSR count). The van der Waals surface area contributed by atoms with Crippen LogP contribution in [0, 0.1) is 12.8 Å². The third-order valence-corrected chi connectivity index (χ3v) is 5.52. The lowest BCUT2D eigenvalue weighted by Gasteiger charge is -2.20. The highest BCUT2D eigenvalue weighted by Crippen LogP contribution is 2.31. The van der Waals surface area contributed by atoms with E-state index in [1.165, 1.54) is 0 Å². The topological polar surface area (TPSA) is 93.5 Å². The van der Waals surface area contributed by atoms with Crippen molar-refractivity contribution in [2.24, 2.45) is 13.0 Å². The van der Waals surface area contributed by atoms with Crippen molar-refractivity contribution in [1.29, 1.82) is 0 Å². The molecule has 7 heteroatoms. The van der Waals surface area contributed by atoms with Crippen molar-refractivity contribution >= 4 is 27.8 Å². The predicted octanol–water partition coefficient (Wildman–Crippen LogP) is 4.02. The third kappa shape index (κ3) is 4.25. The number of aryl methyl sites for hydroxylation is 3. The first-order valence-electron chi connectivity index (χ1n) is 10.3. The van der Waals surface area contributed by atoms with Gasteiger partial charge in [0.1, 0.15) is 5.75 Å². The van der Waals surface area contributed by atoms with Gasteiger partial charge in [-0.25, -0.2) is 4.79 Å². The largest absolute Gasteiger partial charge is 0.493 e. The number of carboxylic acid groups (broad SMARTS) is 1. The minimum Gasteiger partial charge on any atom is -0.493 e. The highest BCUT2D eigenvalue weighted by atomic mass is 16.5. The van der Waals surface area contributed by atoms with Gasteiger partial charge in [-0.3, -0.25) is 9.78 Å². The molecule has 0 fully saturated rings. The minimum absolute atomic E-state index is 0.0692. The van der Waals surface area contributed by atoms with Gasteiger partial charge in [0.15, 0.2) is 0 Å². The van der Waals surface area contributed by atoms with Crippen LogP contribution in [0.15, 0.2) is 29.2 Å². The molecule has 2 atom stereocenters. The molecule has 0 aliphatic rings. The van der Waals surface area contributed by atoms with Crippen molar-refractivity contribution in [3.05, 3.63) is 46.0 Å². The Kier molecular flexibility index (Phi) is 6.29. The molecule has 0 saturated carbocycles. The summed E-state index contributed by atoms with van der Waals surface area (Å²) < 4.78 is 7.79. The number of nitrogens with zero attached hydrogens (tertiary/aromatic N) is 2. The lowest BCUT2D eigenvalue weighted by molar-refractivity contribution is 0.185. The lowest BCUT2D eigenvalue weighted by atomic mass is 10.0. The van der Waals surface area contributed by atoms with Gasteiger partial charge < -0.3 is 19.7 Å². The number of rotatable bonds is 7. The van der Waals surface area contributed by atoms with Crippen LogP contribution >= 0.6 is 0 Å². The molecule has 0 radical (unpaired) electrons. The molecular weight excluding hydrogens is 382 g/mol. The molecule has 2 unspecified atom stereocenters. The Morgan fingerprint density at radius 2 is 2.03 bits per heavy atom. The summed E-state index contributed by atoms with van der Waals surface area (Å²) in [6, 6.07) is 5.79. The normalized spacial score (nSPS) is 13.4. The first kappa shape index (κ1) is 21.6. The Morgan fingerprint density at radius 1 is 1.30 bits per heavy atom. The van der Waals surface area contributed by atoms with Crippen LogP contribution in [0.25, 0.3) is 21.7 Å². The summed E-state index contributed by atoms with van der Waals surface area (Å²) in [7, 11) is 1.77. The molecule has 0 bridgehead atoms. The van der Waals surface area contributed by atoms with E-state index in [1.54, 1.807) is 17.8 Å². The highest BCUT2D eigenvalue weighted by Gasteiger charge is 2.16. The Bertz CT molecular complexity index is 1150. The zero-order valence-corrected chi connectivity index (χ0v) is 18.2. The van der Waals surface area contributed by atoms with Gasteiger partial charge in [-0.05, 0) is 55.7 Å². The van der Waals surface area contributed by atoms with Crippen molar-refractivity contribution < 1.29 is 14.6 Å². The van der Waals surface area contributed by atoms with E-state index >= 15 is 0 Å². The number of hydrogen-bond donors (Lipinski definition) is 2. The first-order valence-corrected chi connectivity index (χ1v) is 10.3. The molecule has 30 heavy (non-hydrogen) atoms. The lowest BCUT2D eigenvalue weighted by Crippen LogP contribution is -2.33. The number of hydrogen-bond acceptors (Lipinski definition) is 4.